The number of nitrogens with zero attached hydrogens (tertiary/aromatic N) is 3. The number of aromatic nitrogens is 2. The molecule has 2 saturated carbocycles. The molecule has 1 amide bonds. The summed E-state index contributed by atoms with van der Waals surface area (Å²) in [6.07, 6.45) is 2.54. The van der Waals surface area contributed by atoms with Crippen LogP contribution in [-0.2, 0) is 33.3 Å². The minimum Gasteiger partial charge on any atom is -0.466 e. The number of carbonyl (C=O) groups is 2. The predicted molar refractivity (Wildman–Crippen MR) is 109 cm³/mol. The average molecular weight is 396 g/mol. The molecule has 6 nitrogen and oxygen atoms in total. The van der Waals surface area contributed by atoms with Gasteiger partial charge in [0.1, 0.15) is 0 Å². The Morgan fingerprint density at radius 2 is 2.00 bits per heavy atom. The van der Waals surface area contributed by atoms with Gasteiger partial charge in [-0.25, -0.2) is 0 Å². The van der Waals surface area contributed by atoms with Gasteiger partial charge < -0.3 is 9.64 Å². The van der Waals surface area contributed by atoms with E-state index in [-0.39, 0.29) is 23.7 Å². The summed E-state index contributed by atoms with van der Waals surface area (Å²) in [6.45, 7) is 5.28. The van der Waals surface area contributed by atoms with E-state index >= 15 is 0 Å². The molecule has 0 unspecified atom stereocenters. The highest BCUT2D eigenvalue weighted by Crippen LogP contribution is 2.50. The zero-order valence-corrected chi connectivity index (χ0v) is 17.4. The quantitative estimate of drug-likeness (QED) is 0.645. The SMILES string of the molecule is CCOC(=O)[C@@H]1C[C@@H]1CN(Cc1cc(C)n(C)n1)C(=O)C1(c2ccccc2)CC1. The highest BCUT2D eigenvalue weighted by molar-refractivity contribution is 5.91. The van der Waals surface area contributed by atoms with Gasteiger partial charge in [-0.1, -0.05) is 30.3 Å². The number of carbonyl (C=O) groups excluding carboxylic acids is 2. The normalized spacial score (nSPS) is 21.5. The van der Waals surface area contributed by atoms with Gasteiger partial charge in [-0.3, -0.25) is 14.3 Å². The van der Waals surface area contributed by atoms with E-state index in [1.54, 1.807) is 0 Å². The molecule has 4 rings (SSSR count). The van der Waals surface area contributed by atoms with Gasteiger partial charge in [0.05, 0.1) is 30.2 Å². The zero-order valence-electron chi connectivity index (χ0n) is 17.4. The largest absolute Gasteiger partial charge is 0.466 e. The molecule has 29 heavy (non-hydrogen) atoms. The molecule has 1 aromatic carbocycles. The van der Waals surface area contributed by atoms with Gasteiger partial charge in [-0.05, 0) is 50.7 Å². The van der Waals surface area contributed by atoms with E-state index in [9.17, 15) is 9.59 Å². The fourth-order valence-electron chi connectivity index (χ4n) is 4.21. The van der Waals surface area contributed by atoms with E-state index in [2.05, 4.69) is 5.10 Å². The molecule has 0 saturated heterocycles. The number of ether oxygens (including phenoxy) is 1. The van der Waals surface area contributed by atoms with Crippen molar-refractivity contribution in [2.45, 2.75) is 45.1 Å². The van der Waals surface area contributed by atoms with Crippen molar-refractivity contribution < 1.29 is 14.3 Å². The summed E-state index contributed by atoms with van der Waals surface area (Å²) < 4.78 is 7.00. The van der Waals surface area contributed by atoms with Crippen molar-refractivity contribution in [2.75, 3.05) is 13.2 Å². The number of esters is 1. The van der Waals surface area contributed by atoms with E-state index in [4.69, 9.17) is 4.74 Å². The Morgan fingerprint density at radius 1 is 1.28 bits per heavy atom. The third kappa shape index (κ3) is 3.93. The van der Waals surface area contributed by atoms with Crippen LogP contribution in [0.4, 0.5) is 0 Å². The molecule has 0 N–H and O–H groups in total. The fraction of sp³-hybridized carbons (Fsp3) is 0.522. The Hall–Kier alpha value is -2.63. The van der Waals surface area contributed by atoms with Crippen LogP contribution in [0.15, 0.2) is 36.4 Å². The molecular formula is C23H29N3O3. The zero-order chi connectivity index (χ0) is 20.6. The van der Waals surface area contributed by atoms with Crippen LogP contribution in [-0.4, -0.2) is 39.7 Å². The molecular weight excluding hydrogens is 366 g/mol. The second-order valence-electron chi connectivity index (χ2n) is 8.39. The maximum atomic E-state index is 13.7. The second-order valence-corrected chi connectivity index (χ2v) is 8.39. The third-order valence-electron chi connectivity index (χ3n) is 6.26. The molecule has 0 spiro atoms. The lowest BCUT2D eigenvalue weighted by Gasteiger charge is -2.27. The molecule has 2 aliphatic rings. The van der Waals surface area contributed by atoms with Crippen LogP contribution < -0.4 is 0 Å². The molecule has 0 aliphatic heterocycles. The topological polar surface area (TPSA) is 64.4 Å². The maximum absolute atomic E-state index is 13.7. The molecule has 6 heteroatoms. The van der Waals surface area contributed by atoms with Crippen LogP contribution >= 0.6 is 0 Å². The minimum atomic E-state index is -0.417. The Balaban J connectivity index is 1.53. The summed E-state index contributed by atoms with van der Waals surface area (Å²) in [7, 11) is 1.91. The van der Waals surface area contributed by atoms with E-state index in [1.165, 1.54) is 0 Å². The van der Waals surface area contributed by atoms with Crippen LogP contribution in [0.1, 0.15) is 43.1 Å². The Bertz CT molecular complexity index is 882. The van der Waals surface area contributed by atoms with Crippen molar-refractivity contribution in [3.8, 4) is 0 Å². The summed E-state index contributed by atoms with van der Waals surface area (Å²) in [5.74, 6) is 0.112. The van der Waals surface area contributed by atoms with Crippen molar-refractivity contribution in [3.63, 3.8) is 0 Å². The lowest BCUT2D eigenvalue weighted by atomic mass is 9.94. The second kappa shape index (κ2) is 7.65. The lowest BCUT2D eigenvalue weighted by Crippen LogP contribution is -2.40. The molecule has 0 radical (unpaired) electrons. The standard InChI is InChI=1S/C23H29N3O3/c1-4-29-21(27)20-13-17(20)14-26(15-19-12-16(2)25(3)24-19)22(28)23(10-11-23)18-8-6-5-7-9-18/h5-9,12,17,20H,4,10-11,13-15H2,1-3H3/t17-,20-/m1/s1. The van der Waals surface area contributed by atoms with E-state index in [0.717, 1.165) is 36.2 Å². The van der Waals surface area contributed by atoms with Gasteiger partial charge in [0.2, 0.25) is 5.91 Å². The smallest absolute Gasteiger partial charge is 0.309 e. The number of aryl methyl sites for hydroxylation is 2. The summed E-state index contributed by atoms with van der Waals surface area (Å²) >= 11 is 0. The van der Waals surface area contributed by atoms with Gasteiger partial charge in [0, 0.05) is 19.3 Å². The van der Waals surface area contributed by atoms with Gasteiger partial charge in [0.25, 0.3) is 0 Å². The maximum Gasteiger partial charge on any atom is 0.309 e. The number of amides is 1. The number of hydrogen-bond donors (Lipinski definition) is 0. The Kier molecular flexibility index (Phi) is 5.19. The summed E-state index contributed by atoms with van der Waals surface area (Å²) in [6, 6.07) is 12.1. The Morgan fingerprint density at radius 3 is 2.59 bits per heavy atom. The van der Waals surface area contributed by atoms with Crippen LogP contribution in [0, 0.1) is 18.8 Å². The van der Waals surface area contributed by atoms with Gasteiger partial charge in [0.15, 0.2) is 0 Å². The molecule has 2 aromatic rings. The van der Waals surface area contributed by atoms with Crippen LogP contribution in [0.25, 0.3) is 0 Å². The number of hydrogen-bond acceptors (Lipinski definition) is 4. The van der Waals surface area contributed by atoms with Crippen LogP contribution in [0.5, 0.6) is 0 Å². The van der Waals surface area contributed by atoms with Gasteiger partial charge in [-0.2, -0.15) is 5.10 Å². The molecule has 2 atom stereocenters. The lowest BCUT2D eigenvalue weighted by molar-refractivity contribution is -0.145. The highest BCUT2D eigenvalue weighted by Gasteiger charge is 2.54. The first-order valence-electron chi connectivity index (χ1n) is 10.5. The van der Waals surface area contributed by atoms with Gasteiger partial charge in [-0.15, -0.1) is 0 Å². The first-order chi connectivity index (χ1) is 13.9. The molecule has 1 aromatic heterocycles. The summed E-state index contributed by atoms with van der Waals surface area (Å²) in [4.78, 5) is 27.6. The first-order valence-corrected chi connectivity index (χ1v) is 10.5. The number of benzene rings is 1. The number of rotatable bonds is 8. The van der Waals surface area contributed by atoms with E-state index < -0.39 is 5.41 Å². The van der Waals surface area contributed by atoms with E-state index in [0.29, 0.717) is 19.7 Å². The molecule has 0 bridgehead atoms. The third-order valence-corrected chi connectivity index (χ3v) is 6.26. The van der Waals surface area contributed by atoms with Gasteiger partial charge >= 0.3 is 5.97 Å². The summed E-state index contributed by atoms with van der Waals surface area (Å²) in [5.41, 5.74) is 2.62. The molecule has 2 aliphatic carbocycles. The van der Waals surface area contributed by atoms with Crippen molar-refractivity contribution in [3.05, 3.63) is 53.3 Å². The average Bonchev–Trinajstić information content (AvgIpc) is 3.62. The predicted octanol–water partition coefficient (Wildman–Crippen LogP) is 2.99. The first kappa shape index (κ1) is 19.7. The van der Waals surface area contributed by atoms with Crippen LogP contribution in [0.2, 0.25) is 0 Å². The van der Waals surface area contributed by atoms with Crippen LogP contribution in [0.3, 0.4) is 0 Å². The minimum absolute atomic E-state index is 0.0809. The van der Waals surface area contributed by atoms with Crippen molar-refractivity contribution in [1.82, 2.24) is 14.7 Å². The summed E-state index contributed by atoms with van der Waals surface area (Å²) in [5, 5.41) is 4.55. The Labute approximate surface area is 171 Å². The monoisotopic (exact) mass is 395 g/mol. The fourth-order valence-corrected chi connectivity index (χ4v) is 4.21. The molecule has 154 valence electrons. The van der Waals surface area contributed by atoms with E-state index in [1.807, 2.05) is 66.9 Å². The highest BCUT2D eigenvalue weighted by atomic mass is 16.5. The van der Waals surface area contributed by atoms with Crippen molar-refractivity contribution in [1.29, 1.82) is 0 Å². The van der Waals surface area contributed by atoms with Crippen molar-refractivity contribution in [2.24, 2.45) is 18.9 Å². The molecule has 2 fully saturated rings. The van der Waals surface area contributed by atoms with Crippen molar-refractivity contribution >= 4 is 11.9 Å². The molecule has 1 heterocycles.